The molecule has 0 radical (unpaired) electrons. The second-order valence-electron chi connectivity index (χ2n) is 7.60. The van der Waals surface area contributed by atoms with Gasteiger partial charge in [-0.3, -0.25) is 23.9 Å². The number of aromatic nitrogens is 2. The molecule has 3 aromatic rings. The molecule has 0 saturated carbocycles. The van der Waals surface area contributed by atoms with Gasteiger partial charge in [0, 0.05) is 13.6 Å². The van der Waals surface area contributed by atoms with Crippen LogP contribution in [0.2, 0.25) is 0 Å². The van der Waals surface area contributed by atoms with Crippen molar-refractivity contribution in [1.82, 2.24) is 14.5 Å². The molecule has 1 aliphatic heterocycles. The highest BCUT2D eigenvalue weighted by molar-refractivity contribution is 7.12. The molecule has 1 aromatic carbocycles. The number of H-pyrrole nitrogens is 1. The Hall–Kier alpha value is -3.66. The number of nitrogens with two attached hydrogens (primary N) is 1. The Balaban J connectivity index is 1.65. The molecule has 1 atom stereocenters. The SMILES string of the molecule is CN(C(=O)C1CCCN1C(=O)c1cccs1)c1c(N)n(Cc2ccccc2)c(=O)[nH]c1=O. The van der Waals surface area contributed by atoms with Crippen molar-refractivity contribution in [3.8, 4) is 0 Å². The molecule has 3 N–H and O–H groups in total. The van der Waals surface area contributed by atoms with Crippen LogP contribution in [0, 0.1) is 0 Å². The molecule has 1 fully saturated rings. The maximum absolute atomic E-state index is 13.3. The lowest BCUT2D eigenvalue weighted by Gasteiger charge is -2.28. The predicted octanol–water partition coefficient (Wildman–Crippen LogP) is 1.50. The fraction of sp³-hybridized carbons (Fsp3) is 0.273. The van der Waals surface area contributed by atoms with E-state index in [4.69, 9.17) is 5.73 Å². The van der Waals surface area contributed by atoms with E-state index in [1.54, 1.807) is 12.1 Å². The normalized spacial score (nSPS) is 15.7. The predicted molar refractivity (Wildman–Crippen MR) is 123 cm³/mol. The van der Waals surface area contributed by atoms with Crippen molar-refractivity contribution in [3.05, 3.63) is 79.1 Å². The van der Waals surface area contributed by atoms with E-state index >= 15 is 0 Å². The number of amides is 2. The number of nitrogen functional groups attached to an aromatic ring is 1. The summed E-state index contributed by atoms with van der Waals surface area (Å²) in [7, 11) is 1.44. The van der Waals surface area contributed by atoms with Crippen LogP contribution in [0.15, 0.2) is 57.4 Å². The Labute approximate surface area is 187 Å². The maximum atomic E-state index is 13.3. The van der Waals surface area contributed by atoms with Gasteiger partial charge >= 0.3 is 5.69 Å². The van der Waals surface area contributed by atoms with E-state index in [1.807, 2.05) is 35.7 Å². The molecule has 10 heteroatoms. The van der Waals surface area contributed by atoms with E-state index in [1.165, 1.54) is 27.9 Å². The van der Waals surface area contributed by atoms with Crippen LogP contribution in [0.4, 0.5) is 11.5 Å². The molecule has 32 heavy (non-hydrogen) atoms. The van der Waals surface area contributed by atoms with Crippen LogP contribution in [0.1, 0.15) is 28.1 Å². The molecule has 1 aliphatic rings. The lowest BCUT2D eigenvalue weighted by molar-refractivity contribution is -0.122. The molecule has 0 aliphatic carbocycles. The van der Waals surface area contributed by atoms with Crippen molar-refractivity contribution in [2.75, 3.05) is 24.2 Å². The van der Waals surface area contributed by atoms with Gasteiger partial charge in [0.2, 0.25) is 5.91 Å². The number of anilines is 2. The lowest BCUT2D eigenvalue weighted by atomic mass is 10.1. The van der Waals surface area contributed by atoms with Gasteiger partial charge in [-0.05, 0) is 29.9 Å². The molecule has 0 spiro atoms. The van der Waals surface area contributed by atoms with Crippen LogP contribution in [0.25, 0.3) is 0 Å². The van der Waals surface area contributed by atoms with E-state index in [2.05, 4.69) is 4.98 Å². The highest BCUT2D eigenvalue weighted by Gasteiger charge is 2.37. The second-order valence-corrected chi connectivity index (χ2v) is 8.54. The van der Waals surface area contributed by atoms with Gasteiger partial charge in [0.25, 0.3) is 11.5 Å². The number of aromatic amines is 1. The van der Waals surface area contributed by atoms with Gasteiger partial charge in [-0.15, -0.1) is 11.3 Å². The first-order valence-electron chi connectivity index (χ1n) is 10.2. The van der Waals surface area contributed by atoms with Gasteiger partial charge in [0.05, 0.1) is 11.4 Å². The van der Waals surface area contributed by atoms with Crippen LogP contribution < -0.4 is 21.9 Å². The third-order valence-corrected chi connectivity index (χ3v) is 6.45. The quantitative estimate of drug-likeness (QED) is 0.606. The second kappa shape index (κ2) is 8.83. The highest BCUT2D eigenvalue weighted by atomic mass is 32.1. The van der Waals surface area contributed by atoms with Crippen LogP contribution in [0.3, 0.4) is 0 Å². The minimum atomic E-state index is -0.748. The van der Waals surface area contributed by atoms with Gasteiger partial charge < -0.3 is 15.5 Å². The fourth-order valence-electron chi connectivity index (χ4n) is 3.97. The first-order valence-corrected chi connectivity index (χ1v) is 11.0. The highest BCUT2D eigenvalue weighted by Crippen LogP contribution is 2.26. The van der Waals surface area contributed by atoms with Gasteiger partial charge in [0.1, 0.15) is 11.9 Å². The Kier molecular flexibility index (Phi) is 5.95. The summed E-state index contributed by atoms with van der Waals surface area (Å²) in [5.74, 6) is -0.734. The number of rotatable bonds is 5. The van der Waals surface area contributed by atoms with Crippen molar-refractivity contribution in [3.63, 3.8) is 0 Å². The lowest BCUT2D eigenvalue weighted by Crippen LogP contribution is -2.48. The largest absolute Gasteiger partial charge is 0.383 e. The number of carbonyl (C=O) groups excluding carboxylic acids is 2. The van der Waals surface area contributed by atoms with Crippen molar-refractivity contribution < 1.29 is 9.59 Å². The summed E-state index contributed by atoms with van der Waals surface area (Å²) in [6.07, 6.45) is 1.17. The van der Waals surface area contributed by atoms with Crippen LogP contribution in [-0.2, 0) is 11.3 Å². The molecule has 1 unspecified atom stereocenters. The number of benzene rings is 1. The Morgan fingerprint density at radius 2 is 1.94 bits per heavy atom. The number of nitrogens with one attached hydrogen (secondary N) is 1. The molecule has 4 rings (SSSR count). The molecular formula is C22H23N5O4S. The number of carbonyl (C=O) groups is 2. The summed E-state index contributed by atoms with van der Waals surface area (Å²) >= 11 is 1.32. The van der Waals surface area contributed by atoms with E-state index in [0.717, 1.165) is 10.5 Å². The Morgan fingerprint density at radius 1 is 1.19 bits per heavy atom. The monoisotopic (exact) mass is 453 g/mol. The standard InChI is InChI=1S/C22H23N5O4S/c1-25(20(29)15-9-5-11-26(15)21(30)16-10-6-12-32-16)17-18(23)27(22(31)24-19(17)28)13-14-7-3-2-4-8-14/h2-4,6-8,10,12,15H,5,9,11,13,23H2,1H3,(H,24,28,31). The minimum absolute atomic E-state index is 0.104. The number of nitrogens with zero attached hydrogens (tertiary/aromatic N) is 3. The number of likely N-dealkylation sites (tertiary alicyclic amines) is 1. The number of hydrogen-bond donors (Lipinski definition) is 2. The van der Waals surface area contributed by atoms with E-state index in [0.29, 0.717) is 24.3 Å². The molecule has 2 amide bonds. The van der Waals surface area contributed by atoms with Gasteiger partial charge in [0.15, 0.2) is 5.69 Å². The molecule has 166 valence electrons. The summed E-state index contributed by atoms with van der Waals surface area (Å²) in [6, 6.07) is 12.0. The number of thiophene rings is 1. The first kappa shape index (κ1) is 21.6. The Bertz CT molecular complexity index is 1250. The summed E-state index contributed by atoms with van der Waals surface area (Å²) < 4.78 is 1.22. The van der Waals surface area contributed by atoms with Gasteiger partial charge in [-0.1, -0.05) is 36.4 Å². The third-order valence-electron chi connectivity index (χ3n) is 5.59. The van der Waals surface area contributed by atoms with E-state index in [9.17, 15) is 19.2 Å². The van der Waals surface area contributed by atoms with Crippen molar-refractivity contribution in [2.24, 2.45) is 0 Å². The summed E-state index contributed by atoms with van der Waals surface area (Å²) in [6.45, 7) is 0.601. The molecular weight excluding hydrogens is 430 g/mol. The minimum Gasteiger partial charge on any atom is -0.383 e. The summed E-state index contributed by atoms with van der Waals surface area (Å²) in [5.41, 5.74) is 5.51. The number of likely N-dealkylation sites (N-methyl/N-ethyl adjacent to an activating group) is 1. The summed E-state index contributed by atoms with van der Waals surface area (Å²) in [4.78, 5) is 56.7. The van der Waals surface area contributed by atoms with Gasteiger partial charge in [-0.2, -0.15) is 0 Å². The van der Waals surface area contributed by atoms with E-state index < -0.39 is 23.2 Å². The van der Waals surface area contributed by atoms with Crippen LogP contribution in [0.5, 0.6) is 0 Å². The zero-order chi connectivity index (χ0) is 22.8. The average molecular weight is 454 g/mol. The maximum Gasteiger partial charge on any atom is 0.330 e. The van der Waals surface area contributed by atoms with Crippen LogP contribution in [-0.4, -0.2) is 45.9 Å². The smallest absolute Gasteiger partial charge is 0.330 e. The van der Waals surface area contributed by atoms with Crippen molar-refractivity contribution >= 4 is 34.7 Å². The zero-order valence-corrected chi connectivity index (χ0v) is 18.3. The van der Waals surface area contributed by atoms with E-state index in [-0.39, 0.29) is 24.0 Å². The molecule has 0 bridgehead atoms. The molecule has 2 aromatic heterocycles. The number of hydrogen-bond acceptors (Lipinski definition) is 6. The molecule has 3 heterocycles. The Morgan fingerprint density at radius 3 is 2.62 bits per heavy atom. The van der Waals surface area contributed by atoms with Crippen molar-refractivity contribution in [1.29, 1.82) is 0 Å². The topological polar surface area (TPSA) is 121 Å². The zero-order valence-electron chi connectivity index (χ0n) is 17.5. The molecule has 1 saturated heterocycles. The average Bonchev–Trinajstić information content (AvgIpc) is 3.48. The molecule has 9 nitrogen and oxygen atoms in total. The van der Waals surface area contributed by atoms with Crippen LogP contribution >= 0.6 is 11.3 Å². The first-order chi connectivity index (χ1) is 15.4. The summed E-state index contributed by atoms with van der Waals surface area (Å²) in [5, 5.41) is 1.81. The fourth-order valence-corrected chi connectivity index (χ4v) is 4.65. The van der Waals surface area contributed by atoms with Crippen molar-refractivity contribution in [2.45, 2.75) is 25.4 Å². The third kappa shape index (κ3) is 3.96. The van der Waals surface area contributed by atoms with Gasteiger partial charge in [-0.25, -0.2) is 4.79 Å².